The summed E-state index contributed by atoms with van der Waals surface area (Å²) in [5.74, 6) is -3.71. The first-order valence-corrected chi connectivity index (χ1v) is 12.9. The molecule has 3 rings (SSSR count). The third-order valence-corrected chi connectivity index (χ3v) is 6.83. The molecular weight excluding hydrogens is 520 g/mol. The van der Waals surface area contributed by atoms with Crippen LogP contribution in [0.1, 0.15) is 54.4 Å². The molecule has 13 nitrogen and oxygen atoms in total. The molecule has 218 valence electrons. The first-order valence-electron chi connectivity index (χ1n) is 12.9. The third-order valence-electron chi connectivity index (χ3n) is 6.83. The second-order valence-electron chi connectivity index (χ2n) is 9.74. The minimum atomic E-state index is -1.39. The smallest absolute Gasteiger partial charge is 0.337 e. The number of rotatable bonds is 9. The van der Waals surface area contributed by atoms with E-state index in [1.54, 1.807) is 6.92 Å². The standard InChI is InChI=1S/C26H36O13/c1-7-32-24(31)18-10-34-25(20-12(2)8-9-17(18)20)39-26-23(37-16(6)30)22(36-15(5)29)21(35-14(4)28)19(38-26)11-33-13(3)27/h10,12,17,19-23,25-26H,7-9,11H2,1-6H3/t12-,17+,19+,20+,21+,22-,23+,25-,26-/m0/s1. The molecule has 0 aromatic carbocycles. The zero-order valence-corrected chi connectivity index (χ0v) is 22.9. The van der Waals surface area contributed by atoms with Crippen LogP contribution in [0.25, 0.3) is 0 Å². The van der Waals surface area contributed by atoms with Crippen molar-refractivity contribution in [1.29, 1.82) is 0 Å². The molecule has 2 fully saturated rings. The highest BCUT2D eigenvalue weighted by Crippen LogP contribution is 2.47. The van der Waals surface area contributed by atoms with Gasteiger partial charge in [0.15, 0.2) is 18.3 Å². The van der Waals surface area contributed by atoms with E-state index in [-0.39, 0.29) is 31.0 Å². The summed E-state index contributed by atoms with van der Waals surface area (Å²) >= 11 is 0. The lowest BCUT2D eigenvalue weighted by molar-refractivity contribution is -0.344. The van der Waals surface area contributed by atoms with Gasteiger partial charge in [-0.25, -0.2) is 4.79 Å². The van der Waals surface area contributed by atoms with Crippen LogP contribution in [-0.2, 0) is 61.9 Å². The summed E-state index contributed by atoms with van der Waals surface area (Å²) in [5.41, 5.74) is 0.410. The molecule has 2 heterocycles. The Balaban J connectivity index is 1.96. The molecule has 0 unspecified atom stereocenters. The molecule has 0 aromatic rings. The van der Waals surface area contributed by atoms with Crippen LogP contribution >= 0.6 is 0 Å². The van der Waals surface area contributed by atoms with E-state index in [0.29, 0.717) is 12.0 Å². The number of hydrogen-bond acceptors (Lipinski definition) is 13. The summed E-state index contributed by atoms with van der Waals surface area (Å²) in [6.07, 6.45) is -4.69. The molecule has 1 aliphatic carbocycles. The Morgan fingerprint density at radius 1 is 0.821 bits per heavy atom. The van der Waals surface area contributed by atoms with E-state index in [9.17, 15) is 24.0 Å². The van der Waals surface area contributed by atoms with Crippen molar-refractivity contribution in [3.05, 3.63) is 11.8 Å². The van der Waals surface area contributed by atoms with E-state index in [4.69, 9.17) is 37.9 Å². The van der Waals surface area contributed by atoms with Gasteiger partial charge < -0.3 is 37.9 Å². The van der Waals surface area contributed by atoms with Crippen LogP contribution in [0, 0.1) is 17.8 Å². The molecule has 0 bridgehead atoms. The maximum Gasteiger partial charge on any atom is 0.337 e. The van der Waals surface area contributed by atoms with Gasteiger partial charge in [-0.3, -0.25) is 19.2 Å². The minimum Gasteiger partial charge on any atom is -0.472 e. The second-order valence-corrected chi connectivity index (χ2v) is 9.74. The summed E-state index contributed by atoms with van der Waals surface area (Å²) in [4.78, 5) is 60.1. The van der Waals surface area contributed by atoms with Crippen molar-refractivity contribution in [3.63, 3.8) is 0 Å². The zero-order chi connectivity index (χ0) is 28.9. The number of carbonyl (C=O) groups is 5. The number of fused-ring (bicyclic) bond motifs is 1. The molecule has 0 spiro atoms. The Morgan fingerprint density at radius 3 is 2.03 bits per heavy atom. The molecule has 2 aliphatic heterocycles. The number of carbonyl (C=O) groups excluding carboxylic acids is 5. The van der Waals surface area contributed by atoms with Gasteiger partial charge in [0, 0.05) is 39.5 Å². The van der Waals surface area contributed by atoms with Crippen molar-refractivity contribution < 1.29 is 61.9 Å². The fourth-order valence-corrected chi connectivity index (χ4v) is 5.33. The maximum atomic E-state index is 12.5. The Kier molecular flexibility index (Phi) is 10.3. The molecule has 1 saturated carbocycles. The van der Waals surface area contributed by atoms with Gasteiger partial charge >= 0.3 is 29.8 Å². The van der Waals surface area contributed by atoms with Crippen LogP contribution in [0.4, 0.5) is 0 Å². The van der Waals surface area contributed by atoms with Crippen LogP contribution in [-0.4, -0.2) is 80.1 Å². The lowest BCUT2D eigenvalue weighted by Crippen LogP contribution is -2.63. The van der Waals surface area contributed by atoms with Gasteiger partial charge in [-0.1, -0.05) is 6.92 Å². The Bertz CT molecular complexity index is 975. The van der Waals surface area contributed by atoms with E-state index in [2.05, 4.69) is 0 Å². The van der Waals surface area contributed by atoms with Crippen molar-refractivity contribution >= 4 is 29.8 Å². The Hall–Kier alpha value is -3.19. The highest BCUT2D eigenvalue weighted by atomic mass is 16.8. The molecule has 1 saturated heterocycles. The van der Waals surface area contributed by atoms with Crippen LogP contribution in [0.15, 0.2) is 11.8 Å². The van der Waals surface area contributed by atoms with E-state index in [1.807, 2.05) is 6.92 Å². The first-order chi connectivity index (χ1) is 18.4. The molecular formula is C26H36O13. The van der Waals surface area contributed by atoms with Gasteiger partial charge in [0.2, 0.25) is 12.6 Å². The van der Waals surface area contributed by atoms with Crippen molar-refractivity contribution in [2.75, 3.05) is 13.2 Å². The average molecular weight is 557 g/mol. The fraction of sp³-hybridized carbons (Fsp3) is 0.731. The maximum absolute atomic E-state index is 12.5. The topological polar surface area (TPSA) is 159 Å². The molecule has 3 aliphatic rings. The van der Waals surface area contributed by atoms with E-state index in [1.165, 1.54) is 13.2 Å². The lowest BCUT2D eigenvalue weighted by Gasteiger charge is -2.46. The average Bonchev–Trinajstić information content (AvgIpc) is 3.23. The number of esters is 5. The monoisotopic (exact) mass is 556 g/mol. The number of ether oxygens (including phenoxy) is 8. The fourth-order valence-electron chi connectivity index (χ4n) is 5.33. The molecule has 0 N–H and O–H groups in total. The van der Waals surface area contributed by atoms with Crippen molar-refractivity contribution in [3.8, 4) is 0 Å². The molecule has 39 heavy (non-hydrogen) atoms. The quantitative estimate of drug-likeness (QED) is 0.298. The molecule has 0 aromatic heterocycles. The second kappa shape index (κ2) is 13.2. The van der Waals surface area contributed by atoms with Crippen molar-refractivity contribution in [1.82, 2.24) is 0 Å². The van der Waals surface area contributed by atoms with Gasteiger partial charge in [0.05, 0.1) is 18.4 Å². The summed E-state index contributed by atoms with van der Waals surface area (Å²) in [6, 6.07) is 0. The van der Waals surface area contributed by atoms with E-state index >= 15 is 0 Å². The zero-order valence-electron chi connectivity index (χ0n) is 22.9. The van der Waals surface area contributed by atoms with Crippen LogP contribution in [0.3, 0.4) is 0 Å². The summed E-state index contributed by atoms with van der Waals surface area (Å²) < 4.78 is 44.7. The first kappa shape index (κ1) is 30.4. The van der Waals surface area contributed by atoms with Crippen LogP contribution in [0.5, 0.6) is 0 Å². The van der Waals surface area contributed by atoms with Crippen molar-refractivity contribution in [2.45, 2.75) is 91.4 Å². The minimum absolute atomic E-state index is 0.0868. The van der Waals surface area contributed by atoms with Crippen molar-refractivity contribution in [2.24, 2.45) is 17.8 Å². The van der Waals surface area contributed by atoms with Gasteiger partial charge in [-0.2, -0.15) is 0 Å². The summed E-state index contributed by atoms with van der Waals surface area (Å²) in [5, 5.41) is 0. The van der Waals surface area contributed by atoms with Gasteiger partial charge in [0.1, 0.15) is 12.7 Å². The summed E-state index contributed by atoms with van der Waals surface area (Å²) in [6.45, 7) is 8.17. The molecule has 13 heteroatoms. The SMILES string of the molecule is CCOC(=O)C1=CO[C@@H](O[C@@H]2O[C@H](COC(C)=O)[C@@H](OC(C)=O)[C@H](OC(C)=O)[C@H]2OC(C)=O)[C@H]2[C@@H]1CC[C@@H]2C. The van der Waals surface area contributed by atoms with E-state index in [0.717, 1.165) is 27.2 Å². The summed E-state index contributed by atoms with van der Waals surface area (Å²) in [7, 11) is 0. The Morgan fingerprint density at radius 2 is 1.44 bits per heavy atom. The highest BCUT2D eigenvalue weighted by molar-refractivity contribution is 5.89. The predicted octanol–water partition coefficient (Wildman–Crippen LogP) is 1.55. The van der Waals surface area contributed by atoms with E-state index < -0.39 is 66.8 Å². The predicted molar refractivity (Wildman–Crippen MR) is 128 cm³/mol. The van der Waals surface area contributed by atoms with Gasteiger partial charge in [-0.05, 0) is 25.7 Å². The molecule has 9 atom stereocenters. The van der Waals surface area contributed by atoms with Gasteiger partial charge in [0.25, 0.3) is 0 Å². The van der Waals surface area contributed by atoms with Gasteiger partial charge in [-0.15, -0.1) is 0 Å². The highest BCUT2D eigenvalue weighted by Gasteiger charge is 2.55. The Labute approximate surface area is 226 Å². The normalized spacial score (nSPS) is 33.5. The lowest BCUT2D eigenvalue weighted by atomic mass is 9.83. The van der Waals surface area contributed by atoms with Crippen LogP contribution < -0.4 is 0 Å². The van der Waals surface area contributed by atoms with Crippen LogP contribution in [0.2, 0.25) is 0 Å². The molecule has 0 radical (unpaired) electrons. The molecule has 0 amide bonds. The number of hydrogen-bond donors (Lipinski definition) is 0. The third kappa shape index (κ3) is 7.47. The largest absolute Gasteiger partial charge is 0.472 e.